The van der Waals surface area contributed by atoms with Crippen molar-refractivity contribution >= 4 is 11.6 Å². The van der Waals surface area contributed by atoms with Crippen molar-refractivity contribution in [2.75, 3.05) is 6.61 Å². The summed E-state index contributed by atoms with van der Waals surface area (Å²) in [5.41, 5.74) is 0. The summed E-state index contributed by atoms with van der Waals surface area (Å²) >= 11 is 6.28. The van der Waals surface area contributed by atoms with Crippen molar-refractivity contribution in [3.63, 3.8) is 0 Å². The molecule has 0 saturated carbocycles. The number of H-pyrrole nitrogens is 1. The maximum absolute atomic E-state index is 6.28. The van der Waals surface area contributed by atoms with E-state index in [9.17, 15) is 0 Å². The van der Waals surface area contributed by atoms with Gasteiger partial charge in [-0.3, -0.25) is 0 Å². The fraction of sp³-hybridized carbons (Fsp3) is 0.750. The molecule has 1 fully saturated rings. The first kappa shape index (κ1) is 11.9. The van der Waals surface area contributed by atoms with Crippen LogP contribution in [0.2, 0.25) is 0 Å². The second-order valence-electron chi connectivity index (χ2n) is 4.40. The molecule has 0 radical (unpaired) electrons. The SMILES string of the molecule is ClC(CCC1CCCCO1)Cc1ncc[nH]1. The average Bonchev–Trinajstić information content (AvgIpc) is 2.81. The van der Waals surface area contributed by atoms with E-state index in [2.05, 4.69) is 9.97 Å². The highest BCUT2D eigenvalue weighted by Crippen LogP contribution is 2.20. The van der Waals surface area contributed by atoms with Gasteiger partial charge in [0, 0.05) is 30.8 Å². The average molecular weight is 243 g/mol. The van der Waals surface area contributed by atoms with Crippen LogP contribution < -0.4 is 0 Å². The Balaban J connectivity index is 1.65. The van der Waals surface area contributed by atoms with E-state index in [4.69, 9.17) is 16.3 Å². The van der Waals surface area contributed by atoms with Crippen LogP contribution in [0.25, 0.3) is 0 Å². The number of imidazole rings is 1. The van der Waals surface area contributed by atoms with Gasteiger partial charge in [0.2, 0.25) is 0 Å². The minimum Gasteiger partial charge on any atom is -0.378 e. The zero-order chi connectivity index (χ0) is 11.2. The van der Waals surface area contributed by atoms with Gasteiger partial charge < -0.3 is 9.72 Å². The van der Waals surface area contributed by atoms with Crippen LogP contribution in [-0.2, 0) is 11.2 Å². The molecule has 0 aliphatic carbocycles. The Morgan fingerprint density at radius 3 is 3.19 bits per heavy atom. The van der Waals surface area contributed by atoms with Gasteiger partial charge in [0.05, 0.1) is 6.10 Å². The molecule has 1 aliphatic heterocycles. The number of hydrogen-bond acceptors (Lipinski definition) is 2. The van der Waals surface area contributed by atoms with Crippen molar-refractivity contribution in [1.29, 1.82) is 0 Å². The third-order valence-electron chi connectivity index (χ3n) is 3.05. The fourth-order valence-electron chi connectivity index (χ4n) is 2.12. The lowest BCUT2D eigenvalue weighted by Gasteiger charge is -2.23. The van der Waals surface area contributed by atoms with E-state index in [1.807, 2.05) is 6.20 Å². The number of halogens is 1. The highest BCUT2D eigenvalue weighted by molar-refractivity contribution is 6.20. The Hall–Kier alpha value is -0.540. The molecule has 2 atom stereocenters. The molecular formula is C12H19ClN2O. The first-order chi connectivity index (χ1) is 7.84. The Morgan fingerprint density at radius 1 is 1.56 bits per heavy atom. The molecular weight excluding hydrogens is 224 g/mol. The molecule has 90 valence electrons. The third-order valence-corrected chi connectivity index (χ3v) is 3.42. The summed E-state index contributed by atoms with van der Waals surface area (Å²) in [5, 5.41) is 0.164. The topological polar surface area (TPSA) is 37.9 Å². The van der Waals surface area contributed by atoms with Gasteiger partial charge in [0.1, 0.15) is 5.82 Å². The van der Waals surface area contributed by atoms with Gasteiger partial charge in [0.15, 0.2) is 0 Å². The molecule has 0 amide bonds. The van der Waals surface area contributed by atoms with E-state index in [1.165, 1.54) is 19.3 Å². The van der Waals surface area contributed by atoms with Gasteiger partial charge in [-0.25, -0.2) is 4.98 Å². The predicted octanol–water partition coefficient (Wildman–Crippen LogP) is 2.91. The second-order valence-corrected chi connectivity index (χ2v) is 5.02. The zero-order valence-electron chi connectivity index (χ0n) is 9.49. The van der Waals surface area contributed by atoms with Crippen LogP contribution in [0.3, 0.4) is 0 Å². The second kappa shape index (κ2) is 6.26. The van der Waals surface area contributed by atoms with Crippen LogP contribution >= 0.6 is 11.6 Å². The highest BCUT2D eigenvalue weighted by atomic mass is 35.5. The van der Waals surface area contributed by atoms with E-state index in [-0.39, 0.29) is 5.38 Å². The highest BCUT2D eigenvalue weighted by Gasteiger charge is 2.16. The molecule has 1 N–H and O–H groups in total. The fourth-order valence-corrected chi connectivity index (χ4v) is 2.40. The smallest absolute Gasteiger partial charge is 0.107 e. The number of nitrogens with one attached hydrogen (secondary N) is 1. The Labute approximate surface area is 102 Å². The van der Waals surface area contributed by atoms with Crippen molar-refractivity contribution in [3.05, 3.63) is 18.2 Å². The molecule has 1 saturated heterocycles. The monoisotopic (exact) mass is 242 g/mol. The quantitative estimate of drug-likeness (QED) is 0.807. The number of aromatic nitrogens is 2. The van der Waals surface area contributed by atoms with Gasteiger partial charge in [-0.1, -0.05) is 0 Å². The molecule has 2 unspecified atom stereocenters. The molecule has 0 bridgehead atoms. The summed E-state index contributed by atoms with van der Waals surface area (Å²) in [6, 6.07) is 0. The van der Waals surface area contributed by atoms with Crippen molar-refractivity contribution in [1.82, 2.24) is 9.97 Å². The molecule has 0 spiro atoms. The minimum atomic E-state index is 0.164. The Bertz CT molecular complexity index is 283. The van der Waals surface area contributed by atoms with Gasteiger partial charge in [-0.05, 0) is 32.1 Å². The van der Waals surface area contributed by atoms with Gasteiger partial charge in [-0.2, -0.15) is 0 Å². The van der Waals surface area contributed by atoms with Crippen molar-refractivity contribution in [2.24, 2.45) is 0 Å². The van der Waals surface area contributed by atoms with Crippen molar-refractivity contribution < 1.29 is 4.74 Å². The summed E-state index contributed by atoms with van der Waals surface area (Å²) < 4.78 is 5.68. The van der Waals surface area contributed by atoms with Crippen molar-refractivity contribution in [3.8, 4) is 0 Å². The number of rotatable bonds is 5. The minimum absolute atomic E-state index is 0.164. The molecule has 4 heteroatoms. The lowest BCUT2D eigenvalue weighted by Crippen LogP contribution is -2.20. The number of nitrogens with zero attached hydrogens (tertiary/aromatic N) is 1. The lowest BCUT2D eigenvalue weighted by atomic mass is 10.0. The maximum Gasteiger partial charge on any atom is 0.107 e. The molecule has 1 aromatic heterocycles. The maximum atomic E-state index is 6.28. The van der Waals surface area contributed by atoms with Crippen molar-refractivity contribution in [2.45, 2.75) is 50.0 Å². The molecule has 2 rings (SSSR count). The number of hydrogen-bond donors (Lipinski definition) is 1. The molecule has 3 nitrogen and oxygen atoms in total. The zero-order valence-corrected chi connectivity index (χ0v) is 10.2. The summed E-state index contributed by atoms with van der Waals surface area (Å²) in [4.78, 5) is 7.26. The van der Waals surface area contributed by atoms with E-state index in [0.29, 0.717) is 6.10 Å². The molecule has 16 heavy (non-hydrogen) atoms. The Kier molecular flexibility index (Phi) is 4.67. The van der Waals surface area contributed by atoms with Gasteiger partial charge in [-0.15, -0.1) is 11.6 Å². The van der Waals surface area contributed by atoms with Crippen LogP contribution in [0.5, 0.6) is 0 Å². The summed E-state index contributed by atoms with van der Waals surface area (Å²) in [5.74, 6) is 0.976. The van der Waals surface area contributed by atoms with Crippen LogP contribution in [0.4, 0.5) is 0 Å². The first-order valence-electron chi connectivity index (χ1n) is 6.08. The largest absolute Gasteiger partial charge is 0.378 e. The standard InChI is InChI=1S/C12H19ClN2O/c13-10(9-12-14-6-7-15-12)4-5-11-3-1-2-8-16-11/h6-7,10-11H,1-5,8-9H2,(H,14,15). The molecule has 1 aliphatic rings. The molecule has 2 heterocycles. The van der Waals surface area contributed by atoms with E-state index < -0.39 is 0 Å². The number of aromatic amines is 1. The normalized spacial score (nSPS) is 23.2. The third kappa shape index (κ3) is 3.80. The van der Waals surface area contributed by atoms with Crippen LogP contribution in [-0.4, -0.2) is 28.1 Å². The van der Waals surface area contributed by atoms with E-state index in [0.717, 1.165) is 31.7 Å². The van der Waals surface area contributed by atoms with Gasteiger partial charge >= 0.3 is 0 Å². The number of alkyl halides is 1. The number of ether oxygens (including phenoxy) is 1. The lowest BCUT2D eigenvalue weighted by molar-refractivity contribution is 0.0100. The van der Waals surface area contributed by atoms with Crippen LogP contribution in [0, 0.1) is 0 Å². The molecule has 1 aromatic rings. The molecule has 0 aromatic carbocycles. The van der Waals surface area contributed by atoms with Crippen LogP contribution in [0.1, 0.15) is 37.9 Å². The summed E-state index contributed by atoms with van der Waals surface area (Å²) in [7, 11) is 0. The van der Waals surface area contributed by atoms with E-state index >= 15 is 0 Å². The summed E-state index contributed by atoms with van der Waals surface area (Å²) in [6.45, 7) is 0.926. The predicted molar refractivity (Wildman–Crippen MR) is 64.8 cm³/mol. The summed E-state index contributed by atoms with van der Waals surface area (Å²) in [6.07, 6.45) is 10.7. The van der Waals surface area contributed by atoms with Gasteiger partial charge in [0.25, 0.3) is 0 Å². The first-order valence-corrected chi connectivity index (χ1v) is 6.52. The van der Waals surface area contributed by atoms with Crippen LogP contribution in [0.15, 0.2) is 12.4 Å². The van der Waals surface area contributed by atoms with E-state index in [1.54, 1.807) is 6.20 Å². The Morgan fingerprint density at radius 2 is 2.50 bits per heavy atom.